The maximum Gasteiger partial charge on any atom is 0.151 e. The molecule has 5 heteroatoms. The van der Waals surface area contributed by atoms with Gasteiger partial charge in [-0.2, -0.15) is 5.10 Å². The van der Waals surface area contributed by atoms with E-state index in [0.29, 0.717) is 6.54 Å². The third-order valence-electron chi connectivity index (χ3n) is 2.60. The van der Waals surface area contributed by atoms with Gasteiger partial charge >= 0.3 is 0 Å². The predicted molar refractivity (Wildman–Crippen MR) is 70.1 cm³/mol. The minimum atomic E-state index is -0.626. The van der Waals surface area contributed by atoms with Gasteiger partial charge in [0.05, 0.1) is 5.69 Å². The fraction of sp³-hybridized carbons (Fsp3) is 0.357. The van der Waals surface area contributed by atoms with E-state index in [-0.39, 0.29) is 11.2 Å². The van der Waals surface area contributed by atoms with Crippen LogP contribution in [0.3, 0.4) is 0 Å². The van der Waals surface area contributed by atoms with Gasteiger partial charge < -0.3 is 5.32 Å². The summed E-state index contributed by atoms with van der Waals surface area (Å²) in [7, 11) is 0. The van der Waals surface area contributed by atoms with Gasteiger partial charge in [-0.3, -0.25) is 0 Å². The van der Waals surface area contributed by atoms with Crippen LogP contribution in [0.15, 0.2) is 30.5 Å². The number of aromatic nitrogens is 2. The van der Waals surface area contributed by atoms with Gasteiger partial charge in [0.2, 0.25) is 0 Å². The summed E-state index contributed by atoms with van der Waals surface area (Å²) in [6.45, 7) is 6.77. The maximum atomic E-state index is 13.6. The Morgan fingerprint density at radius 2 is 1.95 bits per heavy atom. The molecule has 102 valence electrons. The largest absolute Gasteiger partial charge is 0.306 e. The molecule has 2 rings (SSSR count). The summed E-state index contributed by atoms with van der Waals surface area (Å²) in [5.41, 5.74) is 1.03. The smallest absolute Gasteiger partial charge is 0.151 e. The van der Waals surface area contributed by atoms with Crippen molar-refractivity contribution in [2.45, 2.75) is 32.9 Å². The van der Waals surface area contributed by atoms with Crippen molar-refractivity contribution in [2.75, 3.05) is 0 Å². The Labute approximate surface area is 111 Å². The molecule has 0 aliphatic heterocycles. The zero-order valence-corrected chi connectivity index (χ0v) is 11.2. The summed E-state index contributed by atoms with van der Waals surface area (Å²) in [5, 5.41) is 7.56. The first-order valence-electron chi connectivity index (χ1n) is 6.10. The highest BCUT2D eigenvalue weighted by Crippen LogP contribution is 2.14. The van der Waals surface area contributed by atoms with E-state index in [2.05, 4.69) is 31.2 Å². The van der Waals surface area contributed by atoms with Crippen LogP contribution < -0.4 is 5.32 Å². The number of nitrogens with one attached hydrogen (secondary N) is 1. The lowest BCUT2D eigenvalue weighted by Gasteiger charge is -2.19. The quantitative estimate of drug-likeness (QED) is 0.924. The Morgan fingerprint density at radius 1 is 1.21 bits per heavy atom. The number of halogens is 2. The molecule has 0 bridgehead atoms. The molecule has 1 aromatic heterocycles. The van der Waals surface area contributed by atoms with Crippen molar-refractivity contribution in [3.63, 3.8) is 0 Å². The van der Waals surface area contributed by atoms with Crippen LogP contribution in [0.25, 0.3) is 5.69 Å². The van der Waals surface area contributed by atoms with E-state index in [0.717, 1.165) is 11.8 Å². The van der Waals surface area contributed by atoms with E-state index >= 15 is 0 Å². The van der Waals surface area contributed by atoms with Crippen LogP contribution in [-0.2, 0) is 6.54 Å². The van der Waals surface area contributed by atoms with Crippen molar-refractivity contribution >= 4 is 0 Å². The van der Waals surface area contributed by atoms with Gasteiger partial charge in [-0.1, -0.05) is 0 Å². The Hall–Kier alpha value is -1.75. The van der Waals surface area contributed by atoms with Crippen molar-refractivity contribution in [1.29, 1.82) is 0 Å². The normalized spacial score (nSPS) is 11.8. The van der Waals surface area contributed by atoms with Gasteiger partial charge in [0.1, 0.15) is 11.5 Å². The molecule has 0 atom stereocenters. The summed E-state index contributed by atoms with van der Waals surface area (Å²) < 4.78 is 27.9. The lowest BCUT2D eigenvalue weighted by Crippen LogP contribution is -2.35. The Morgan fingerprint density at radius 3 is 2.58 bits per heavy atom. The summed E-state index contributed by atoms with van der Waals surface area (Å²) in [4.78, 5) is 0. The molecule has 19 heavy (non-hydrogen) atoms. The summed E-state index contributed by atoms with van der Waals surface area (Å²) in [5.74, 6) is -1.22. The van der Waals surface area contributed by atoms with Crippen LogP contribution >= 0.6 is 0 Å². The van der Waals surface area contributed by atoms with Crippen LogP contribution in [0, 0.1) is 11.6 Å². The zero-order chi connectivity index (χ0) is 14.0. The van der Waals surface area contributed by atoms with Gasteiger partial charge in [-0.25, -0.2) is 13.5 Å². The van der Waals surface area contributed by atoms with Crippen LogP contribution in [0.5, 0.6) is 0 Å². The van der Waals surface area contributed by atoms with Crippen LogP contribution in [0.2, 0.25) is 0 Å². The fourth-order valence-corrected chi connectivity index (χ4v) is 1.61. The lowest BCUT2D eigenvalue weighted by molar-refractivity contribution is 0.420. The number of rotatable bonds is 3. The molecule has 0 radical (unpaired) electrons. The van der Waals surface area contributed by atoms with E-state index < -0.39 is 11.6 Å². The van der Waals surface area contributed by atoms with E-state index in [1.54, 1.807) is 6.20 Å². The minimum absolute atomic E-state index is 0.00902. The van der Waals surface area contributed by atoms with E-state index in [9.17, 15) is 8.78 Å². The first kappa shape index (κ1) is 13.7. The number of hydrogen-bond donors (Lipinski definition) is 1. The molecule has 0 saturated heterocycles. The molecule has 0 unspecified atom stereocenters. The topological polar surface area (TPSA) is 29.9 Å². The number of nitrogens with zero attached hydrogens (tertiary/aromatic N) is 2. The molecule has 3 nitrogen and oxygen atoms in total. The van der Waals surface area contributed by atoms with Gasteiger partial charge in [-0.05, 0) is 39.0 Å². The van der Waals surface area contributed by atoms with E-state index in [1.165, 1.54) is 16.8 Å². The standard InChI is InChI=1S/C14H17F2N3/c1-14(2,3)17-9-11-6-7-19(18-11)13-5-4-10(15)8-12(13)16/h4-8,17H,9H2,1-3H3. The van der Waals surface area contributed by atoms with Gasteiger partial charge in [0, 0.05) is 24.3 Å². The first-order valence-corrected chi connectivity index (χ1v) is 6.10. The van der Waals surface area contributed by atoms with Crippen LogP contribution in [0.4, 0.5) is 8.78 Å². The van der Waals surface area contributed by atoms with Crippen molar-refractivity contribution in [1.82, 2.24) is 15.1 Å². The first-order chi connectivity index (χ1) is 8.85. The maximum absolute atomic E-state index is 13.6. The molecule has 2 aromatic rings. The average Bonchev–Trinajstić information content (AvgIpc) is 2.74. The van der Waals surface area contributed by atoms with Crippen molar-refractivity contribution in [3.05, 3.63) is 47.8 Å². The third-order valence-corrected chi connectivity index (χ3v) is 2.60. The molecular weight excluding hydrogens is 248 g/mol. The number of benzene rings is 1. The second kappa shape index (κ2) is 5.09. The number of hydrogen-bond acceptors (Lipinski definition) is 2. The highest BCUT2D eigenvalue weighted by atomic mass is 19.1. The molecule has 0 aliphatic rings. The molecule has 1 N–H and O–H groups in total. The lowest BCUT2D eigenvalue weighted by atomic mass is 10.1. The van der Waals surface area contributed by atoms with E-state index in [4.69, 9.17) is 0 Å². The predicted octanol–water partition coefficient (Wildman–Crippen LogP) is 3.04. The molecule has 1 heterocycles. The second-order valence-corrected chi connectivity index (χ2v) is 5.45. The Bertz CT molecular complexity index is 570. The summed E-state index contributed by atoms with van der Waals surface area (Å²) >= 11 is 0. The summed E-state index contributed by atoms with van der Waals surface area (Å²) in [6.07, 6.45) is 1.66. The molecule has 0 aliphatic carbocycles. The van der Waals surface area contributed by atoms with Gasteiger partial charge in [0.15, 0.2) is 5.82 Å². The molecular formula is C14H17F2N3. The highest BCUT2D eigenvalue weighted by Gasteiger charge is 2.11. The van der Waals surface area contributed by atoms with Gasteiger partial charge in [-0.15, -0.1) is 0 Å². The van der Waals surface area contributed by atoms with Crippen molar-refractivity contribution < 1.29 is 8.78 Å². The third kappa shape index (κ3) is 3.61. The van der Waals surface area contributed by atoms with E-state index in [1.807, 2.05) is 6.07 Å². The SMILES string of the molecule is CC(C)(C)NCc1ccn(-c2ccc(F)cc2F)n1. The minimum Gasteiger partial charge on any atom is -0.306 e. The molecule has 0 saturated carbocycles. The molecule has 0 spiro atoms. The molecule has 1 aromatic carbocycles. The van der Waals surface area contributed by atoms with Crippen molar-refractivity contribution in [2.24, 2.45) is 0 Å². The highest BCUT2D eigenvalue weighted by molar-refractivity contribution is 5.33. The van der Waals surface area contributed by atoms with Gasteiger partial charge in [0.25, 0.3) is 0 Å². The Kier molecular flexibility index (Phi) is 3.66. The zero-order valence-electron chi connectivity index (χ0n) is 11.2. The molecule has 0 amide bonds. The van der Waals surface area contributed by atoms with Crippen molar-refractivity contribution in [3.8, 4) is 5.69 Å². The monoisotopic (exact) mass is 265 g/mol. The second-order valence-electron chi connectivity index (χ2n) is 5.45. The Balaban J connectivity index is 2.16. The fourth-order valence-electron chi connectivity index (χ4n) is 1.61. The molecule has 0 fully saturated rings. The van der Waals surface area contributed by atoms with Crippen LogP contribution in [0.1, 0.15) is 26.5 Å². The summed E-state index contributed by atoms with van der Waals surface area (Å²) in [6, 6.07) is 5.25. The van der Waals surface area contributed by atoms with Crippen LogP contribution in [-0.4, -0.2) is 15.3 Å². The average molecular weight is 265 g/mol.